The molecule has 1 amide bonds. The summed E-state index contributed by atoms with van der Waals surface area (Å²) in [7, 11) is 1.63. The van der Waals surface area contributed by atoms with Crippen LogP contribution in [-0.4, -0.2) is 23.2 Å². The van der Waals surface area contributed by atoms with Gasteiger partial charge in [-0.1, -0.05) is 40.2 Å². The van der Waals surface area contributed by atoms with Crippen molar-refractivity contribution in [2.75, 3.05) is 7.11 Å². The van der Waals surface area contributed by atoms with Gasteiger partial charge in [-0.05, 0) is 36.8 Å². The first-order chi connectivity index (χ1) is 12.1. The Hall–Kier alpha value is -2.60. The van der Waals surface area contributed by atoms with Gasteiger partial charge in [-0.15, -0.1) is 0 Å². The van der Waals surface area contributed by atoms with Crippen molar-refractivity contribution in [2.24, 2.45) is 0 Å². The van der Waals surface area contributed by atoms with Gasteiger partial charge in [-0.25, -0.2) is 0 Å². The summed E-state index contributed by atoms with van der Waals surface area (Å²) < 4.78 is 6.10. The minimum absolute atomic E-state index is 0.135. The number of benzene rings is 2. The van der Waals surface area contributed by atoms with Crippen molar-refractivity contribution < 1.29 is 9.53 Å². The van der Waals surface area contributed by atoms with E-state index in [0.717, 1.165) is 21.3 Å². The Balaban J connectivity index is 1.78. The molecule has 5 nitrogen and oxygen atoms in total. The van der Waals surface area contributed by atoms with Gasteiger partial charge in [0.25, 0.3) is 5.91 Å². The average molecular weight is 400 g/mol. The maximum Gasteiger partial charge on any atom is 0.255 e. The number of halogens is 1. The van der Waals surface area contributed by atoms with Gasteiger partial charge in [0.15, 0.2) is 0 Å². The van der Waals surface area contributed by atoms with E-state index in [9.17, 15) is 4.79 Å². The highest BCUT2D eigenvalue weighted by molar-refractivity contribution is 9.10. The zero-order chi connectivity index (χ0) is 17.8. The van der Waals surface area contributed by atoms with E-state index in [-0.39, 0.29) is 11.9 Å². The number of hydrogen-bond donors (Lipinski definition) is 2. The number of nitrogens with one attached hydrogen (secondary N) is 2. The highest BCUT2D eigenvalue weighted by Gasteiger charge is 2.18. The van der Waals surface area contributed by atoms with Crippen molar-refractivity contribution in [3.05, 3.63) is 70.3 Å². The first-order valence-corrected chi connectivity index (χ1v) is 8.62. The maximum atomic E-state index is 12.7. The van der Waals surface area contributed by atoms with E-state index in [0.29, 0.717) is 11.3 Å². The van der Waals surface area contributed by atoms with Crippen molar-refractivity contribution in [3.63, 3.8) is 0 Å². The molecule has 2 N–H and O–H groups in total. The van der Waals surface area contributed by atoms with Gasteiger partial charge in [-0.3, -0.25) is 9.89 Å². The normalized spacial score (nSPS) is 11.8. The quantitative estimate of drug-likeness (QED) is 0.670. The van der Waals surface area contributed by atoms with E-state index in [1.54, 1.807) is 13.3 Å². The smallest absolute Gasteiger partial charge is 0.255 e. The Bertz CT molecular complexity index is 874. The molecule has 128 valence electrons. The summed E-state index contributed by atoms with van der Waals surface area (Å²) >= 11 is 3.45. The summed E-state index contributed by atoms with van der Waals surface area (Å²) in [4.78, 5) is 12.7. The number of aromatic amines is 1. The van der Waals surface area contributed by atoms with Crippen LogP contribution in [0.25, 0.3) is 11.3 Å². The van der Waals surface area contributed by atoms with Gasteiger partial charge in [0.05, 0.1) is 30.6 Å². The maximum absolute atomic E-state index is 12.7. The molecule has 0 radical (unpaired) electrons. The lowest BCUT2D eigenvalue weighted by Gasteiger charge is -2.15. The molecule has 0 spiro atoms. The van der Waals surface area contributed by atoms with E-state index in [1.807, 2.05) is 55.5 Å². The molecule has 0 bridgehead atoms. The molecule has 3 rings (SSSR count). The van der Waals surface area contributed by atoms with Crippen molar-refractivity contribution in [2.45, 2.75) is 13.0 Å². The van der Waals surface area contributed by atoms with E-state index >= 15 is 0 Å². The molecule has 0 saturated carbocycles. The monoisotopic (exact) mass is 399 g/mol. The predicted molar refractivity (Wildman–Crippen MR) is 101 cm³/mol. The number of amides is 1. The molecular weight excluding hydrogens is 382 g/mol. The number of carbonyl (C=O) groups excluding carboxylic acids is 1. The van der Waals surface area contributed by atoms with Gasteiger partial charge in [-0.2, -0.15) is 5.10 Å². The molecule has 0 aliphatic rings. The number of hydrogen-bond acceptors (Lipinski definition) is 3. The fourth-order valence-electron chi connectivity index (χ4n) is 2.57. The van der Waals surface area contributed by atoms with Crippen LogP contribution >= 0.6 is 15.9 Å². The molecule has 0 fully saturated rings. The van der Waals surface area contributed by atoms with Gasteiger partial charge in [0.2, 0.25) is 0 Å². The second kappa shape index (κ2) is 7.53. The molecule has 0 aliphatic heterocycles. The number of methoxy groups -OCH3 is 1. The van der Waals surface area contributed by atoms with Crippen LogP contribution in [0.3, 0.4) is 0 Å². The van der Waals surface area contributed by atoms with Crippen LogP contribution in [0.1, 0.15) is 28.9 Å². The van der Waals surface area contributed by atoms with Crippen molar-refractivity contribution in [3.8, 4) is 17.0 Å². The molecule has 1 heterocycles. The Morgan fingerprint density at radius 3 is 2.68 bits per heavy atom. The van der Waals surface area contributed by atoms with Crippen molar-refractivity contribution >= 4 is 21.8 Å². The van der Waals surface area contributed by atoms with E-state index in [1.165, 1.54) is 0 Å². The van der Waals surface area contributed by atoms with Gasteiger partial charge >= 0.3 is 0 Å². The Labute approximate surface area is 154 Å². The van der Waals surface area contributed by atoms with E-state index < -0.39 is 0 Å². The third-order valence-electron chi connectivity index (χ3n) is 3.96. The molecule has 0 unspecified atom stereocenters. The summed E-state index contributed by atoms with van der Waals surface area (Å²) in [5.74, 6) is 0.612. The summed E-state index contributed by atoms with van der Waals surface area (Å²) in [6.45, 7) is 1.94. The van der Waals surface area contributed by atoms with Crippen LogP contribution < -0.4 is 10.1 Å². The summed E-state index contributed by atoms with van der Waals surface area (Å²) in [6.07, 6.45) is 1.55. The number of nitrogens with zero attached hydrogens (tertiary/aromatic N) is 1. The lowest BCUT2D eigenvalue weighted by atomic mass is 10.1. The highest BCUT2D eigenvalue weighted by atomic mass is 79.9. The van der Waals surface area contributed by atoms with Gasteiger partial charge < -0.3 is 10.1 Å². The summed E-state index contributed by atoms with van der Waals surface area (Å²) in [6, 6.07) is 15.2. The number of ether oxygens (including phenoxy) is 1. The third-order valence-corrected chi connectivity index (χ3v) is 4.45. The lowest BCUT2D eigenvalue weighted by Crippen LogP contribution is -2.26. The first kappa shape index (κ1) is 17.2. The molecule has 0 saturated heterocycles. The fourth-order valence-corrected chi connectivity index (χ4v) is 2.97. The van der Waals surface area contributed by atoms with Crippen LogP contribution in [0.4, 0.5) is 0 Å². The fraction of sp³-hybridized carbons (Fsp3) is 0.158. The van der Waals surface area contributed by atoms with Crippen LogP contribution in [0.2, 0.25) is 0 Å². The predicted octanol–water partition coefficient (Wildman–Crippen LogP) is 4.34. The van der Waals surface area contributed by atoms with Crippen LogP contribution in [0.5, 0.6) is 5.75 Å². The number of H-pyrrole nitrogens is 1. The zero-order valence-electron chi connectivity index (χ0n) is 13.9. The zero-order valence-corrected chi connectivity index (χ0v) is 15.5. The molecule has 6 heteroatoms. The Kier molecular flexibility index (Phi) is 5.19. The van der Waals surface area contributed by atoms with Crippen LogP contribution in [0.15, 0.2) is 59.2 Å². The topological polar surface area (TPSA) is 67.0 Å². The van der Waals surface area contributed by atoms with Crippen LogP contribution in [-0.2, 0) is 0 Å². The molecule has 1 aromatic heterocycles. The van der Waals surface area contributed by atoms with Crippen molar-refractivity contribution in [1.29, 1.82) is 0 Å². The van der Waals surface area contributed by atoms with Gasteiger partial charge in [0, 0.05) is 10.0 Å². The van der Waals surface area contributed by atoms with E-state index in [2.05, 4.69) is 31.4 Å². The number of carbonyl (C=O) groups is 1. The minimum Gasteiger partial charge on any atom is -0.497 e. The van der Waals surface area contributed by atoms with E-state index in [4.69, 9.17) is 4.74 Å². The second-order valence-corrected chi connectivity index (χ2v) is 6.55. The number of rotatable bonds is 5. The molecule has 1 atom stereocenters. The first-order valence-electron chi connectivity index (χ1n) is 7.82. The third kappa shape index (κ3) is 3.91. The van der Waals surface area contributed by atoms with Crippen molar-refractivity contribution in [1.82, 2.24) is 15.5 Å². The molecule has 0 aliphatic carbocycles. The van der Waals surface area contributed by atoms with Gasteiger partial charge in [0.1, 0.15) is 5.75 Å². The minimum atomic E-state index is -0.174. The molecule has 2 aromatic carbocycles. The summed E-state index contributed by atoms with van der Waals surface area (Å²) in [5.41, 5.74) is 3.11. The second-order valence-electron chi connectivity index (χ2n) is 5.64. The highest BCUT2D eigenvalue weighted by Crippen LogP contribution is 2.25. The standard InChI is InChI=1S/C19H18BrN3O2/c1-12(13-6-8-16(25-2)9-7-13)22-19(24)17-11-21-23-18(17)14-4-3-5-15(20)10-14/h3-12H,1-2H3,(H,21,23)(H,22,24)/t12-/m1/s1. The summed E-state index contributed by atoms with van der Waals surface area (Å²) in [5, 5.41) is 9.95. The lowest BCUT2D eigenvalue weighted by molar-refractivity contribution is 0.0940. The largest absolute Gasteiger partial charge is 0.497 e. The average Bonchev–Trinajstić information content (AvgIpc) is 3.11. The molecule has 25 heavy (non-hydrogen) atoms. The SMILES string of the molecule is COc1ccc([C@@H](C)NC(=O)c2cn[nH]c2-c2cccc(Br)c2)cc1. The Morgan fingerprint density at radius 1 is 1.24 bits per heavy atom. The molecular formula is C19H18BrN3O2. The molecule has 3 aromatic rings. The van der Waals surface area contributed by atoms with Crippen LogP contribution in [0, 0.1) is 0 Å². The Morgan fingerprint density at radius 2 is 2.00 bits per heavy atom. The number of aromatic nitrogens is 2.